The van der Waals surface area contributed by atoms with Crippen molar-refractivity contribution >= 4 is 27.5 Å². The highest BCUT2D eigenvalue weighted by molar-refractivity contribution is 9.10. The third kappa shape index (κ3) is 2.15. The van der Waals surface area contributed by atoms with Crippen molar-refractivity contribution in [1.82, 2.24) is 4.98 Å². The fraction of sp³-hybridized carbons (Fsp3) is 0.250. The number of alkyl halides is 1. The zero-order chi connectivity index (χ0) is 11.7. The van der Waals surface area contributed by atoms with E-state index in [-0.39, 0.29) is 5.38 Å². The molecule has 1 atom stereocenters. The van der Waals surface area contributed by atoms with Gasteiger partial charge in [-0.2, -0.15) is 0 Å². The number of benzene rings is 1. The Morgan fingerprint density at radius 1 is 1.44 bits per heavy atom. The van der Waals surface area contributed by atoms with Gasteiger partial charge < -0.3 is 4.42 Å². The molecule has 0 bridgehead atoms. The van der Waals surface area contributed by atoms with Crippen LogP contribution in [0.1, 0.15) is 23.8 Å². The van der Waals surface area contributed by atoms with Crippen molar-refractivity contribution in [3.05, 3.63) is 40.3 Å². The predicted octanol–water partition coefficient (Wildman–Crippen LogP) is 4.71. The molecule has 0 aliphatic heterocycles. The lowest BCUT2D eigenvalue weighted by atomic mass is 10.1. The van der Waals surface area contributed by atoms with Crippen LogP contribution in [0, 0.1) is 6.92 Å². The van der Waals surface area contributed by atoms with Gasteiger partial charge in [0.1, 0.15) is 5.38 Å². The quantitative estimate of drug-likeness (QED) is 0.751. The summed E-state index contributed by atoms with van der Waals surface area (Å²) in [6.45, 7) is 3.87. The van der Waals surface area contributed by atoms with Crippen LogP contribution < -0.4 is 0 Å². The summed E-state index contributed by atoms with van der Waals surface area (Å²) in [6.07, 6.45) is 1.70. The van der Waals surface area contributed by atoms with Crippen LogP contribution in [0.25, 0.3) is 11.3 Å². The second kappa shape index (κ2) is 4.60. The van der Waals surface area contributed by atoms with Crippen molar-refractivity contribution in [1.29, 1.82) is 0 Å². The summed E-state index contributed by atoms with van der Waals surface area (Å²) in [5, 5.41) is -0.211. The maximum Gasteiger partial charge on any atom is 0.212 e. The molecule has 1 aromatic heterocycles. The Bertz CT molecular complexity index is 507. The number of oxazole rings is 1. The fourth-order valence-electron chi connectivity index (χ4n) is 1.43. The highest BCUT2D eigenvalue weighted by Crippen LogP contribution is 2.32. The van der Waals surface area contributed by atoms with Crippen LogP contribution in [0.3, 0.4) is 0 Å². The summed E-state index contributed by atoms with van der Waals surface area (Å²) in [4.78, 5) is 4.14. The number of halogens is 2. The Morgan fingerprint density at radius 2 is 2.19 bits per heavy atom. The van der Waals surface area contributed by atoms with Gasteiger partial charge in [0.15, 0.2) is 5.76 Å². The predicted molar refractivity (Wildman–Crippen MR) is 68.6 cm³/mol. The van der Waals surface area contributed by atoms with Crippen LogP contribution in [0.15, 0.2) is 33.3 Å². The maximum absolute atomic E-state index is 5.91. The molecular weight excluding hydrogens is 289 g/mol. The van der Waals surface area contributed by atoms with Crippen molar-refractivity contribution in [3.8, 4) is 11.3 Å². The van der Waals surface area contributed by atoms with Gasteiger partial charge in [0, 0.05) is 10.0 Å². The molecular formula is C12H11BrClNO. The van der Waals surface area contributed by atoms with Crippen LogP contribution in [0.2, 0.25) is 0 Å². The maximum atomic E-state index is 5.91. The molecule has 2 aromatic rings. The van der Waals surface area contributed by atoms with Crippen molar-refractivity contribution in [3.63, 3.8) is 0 Å². The summed E-state index contributed by atoms with van der Waals surface area (Å²) < 4.78 is 6.62. The van der Waals surface area contributed by atoms with Crippen molar-refractivity contribution in [2.75, 3.05) is 0 Å². The third-order valence-electron chi connectivity index (χ3n) is 2.32. The van der Waals surface area contributed by atoms with E-state index in [1.165, 1.54) is 0 Å². The van der Waals surface area contributed by atoms with Crippen LogP contribution in [-0.2, 0) is 0 Å². The van der Waals surface area contributed by atoms with Gasteiger partial charge in [-0.3, -0.25) is 0 Å². The normalized spacial score (nSPS) is 12.8. The average molecular weight is 301 g/mol. The lowest BCUT2D eigenvalue weighted by Crippen LogP contribution is -1.82. The van der Waals surface area contributed by atoms with Crippen molar-refractivity contribution < 1.29 is 4.42 Å². The molecule has 0 radical (unpaired) electrons. The molecule has 1 aromatic carbocycles. The molecule has 0 spiro atoms. The molecule has 16 heavy (non-hydrogen) atoms. The Morgan fingerprint density at radius 3 is 2.81 bits per heavy atom. The van der Waals surface area contributed by atoms with E-state index in [4.69, 9.17) is 16.0 Å². The van der Waals surface area contributed by atoms with E-state index in [0.717, 1.165) is 21.4 Å². The number of nitrogens with zero attached hydrogens (tertiary/aromatic N) is 1. The molecule has 2 nitrogen and oxygen atoms in total. The van der Waals surface area contributed by atoms with Crippen LogP contribution >= 0.6 is 27.5 Å². The second-order valence-corrected chi connectivity index (χ2v) is 5.06. The Hall–Kier alpha value is -0.800. The second-order valence-electron chi connectivity index (χ2n) is 3.62. The minimum absolute atomic E-state index is 0.211. The molecule has 0 saturated heterocycles. The Kier molecular flexibility index (Phi) is 3.36. The SMILES string of the molecule is Cc1cccc(-c2cnc(C(C)Cl)o2)c1Br. The van der Waals surface area contributed by atoms with E-state index in [0.29, 0.717) is 5.89 Å². The molecule has 1 unspecified atom stereocenters. The van der Waals surface area contributed by atoms with Gasteiger partial charge in [-0.15, -0.1) is 11.6 Å². The van der Waals surface area contributed by atoms with Crippen molar-refractivity contribution in [2.45, 2.75) is 19.2 Å². The summed E-state index contributed by atoms with van der Waals surface area (Å²) in [5.74, 6) is 1.28. The number of hydrogen-bond donors (Lipinski definition) is 0. The lowest BCUT2D eigenvalue weighted by Gasteiger charge is -2.03. The molecule has 0 aliphatic rings. The molecule has 0 saturated carbocycles. The van der Waals surface area contributed by atoms with Gasteiger partial charge >= 0.3 is 0 Å². The zero-order valence-corrected chi connectivity index (χ0v) is 11.3. The molecule has 0 N–H and O–H groups in total. The molecule has 0 fully saturated rings. The number of rotatable bonds is 2. The first-order chi connectivity index (χ1) is 7.59. The van der Waals surface area contributed by atoms with E-state index < -0.39 is 0 Å². The first-order valence-corrected chi connectivity index (χ1v) is 6.18. The molecule has 84 valence electrons. The Labute approximate surface area is 108 Å². The lowest BCUT2D eigenvalue weighted by molar-refractivity contribution is 0.508. The van der Waals surface area contributed by atoms with E-state index in [1.807, 2.05) is 32.0 Å². The summed E-state index contributed by atoms with van der Waals surface area (Å²) in [7, 11) is 0. The largest absolute Gasteiger partial charge is 0.439 e. The number of aryl methyl sites for hydroxylation is 1. The van der Waals surface area contributed by atoms with Crippen LogP contribution in [0.5, 0.6) is 0 Å². The van der Waals surface area contributed by atoms with E-state index in [1.54, 1.807) is 6.20 Å². The molecule has 2 rings (SSSR count). The molecule has 1 heterocycles. The number of hydrogen-bond acceptors (Lipinski definition) is 2. The van der Waals surface area contributed by atoms with Gasteiger partial charge in [-0.25, -0.2) is 4.98 Å². The average Bonchev–Trinajstić information content (AvgIpc) is 2.71. The summed E-state index contributed by atoms with van der Waals surface area (Å²) in [6, 6.07) is 6.01. The molecule has 0 aliphatic carbocycles. The summed E-state index contributed by atoms with van der Waals surface area (Å²) >= 11 is 9.45. The zero-order valence-electron chi connectivity index (χ0n) is 9.00. The van der Waals surface area contributed by atoms with E-state index >= 15 is 0 Å². The summed E-state index contributed by atoms with van der Waals surface area (Å²) in [5.41, 5.74) is 2.16. The first-order valence-electron chi connectivity index (χ1n) is 4.95. The minimum Gasteiger partial charge on any atom is -0.439 e. The van der Waals surface area contributed by atoms with Gasteiger partial charge in [0.2, 0.25) is 5.89 Å². The minimum atomic E-state index is -0.211. The van der Waals surface area contributed by atoms with Gasteiger partial charge in [-0.05, 0) is 35.3 Å². The first kappa shape index (κ1) is 11.7. The van der Waals surface area contributed by atoms with Crippen molar-refractivity contribution in [2.24, 2.45) is 0 Å². The van der Waals surface area contributed by atoms with Gasteiger partial charge in [-0.1, -0.05) is 18.2 Å². The topological polar surface area (TPSA) is 26.0 Å². The van der Waals surface area contributed by atoms with Gasteiger partial charge in [0.05, 0.1) is 6.20 Å². The highest BCUT2D eigenvalue weighted by Gasteiger charge is 2.13. The smallest absolute Gasteiger partial charge is 0.212 e. The molecule has 4 heteroatoms. The fourth-order valence-corrected chi connectivity index (χ4v) is 1.99. The van der Waals surface area contributed by atoms with Crippen LogP contribution in [-0.4, -0.2) is 4.98 Å². The molecule has 0 amide bonds. The standard InChI is InChI=1S/C12H11BrClNO/c1-7-4-3-5-9(11(7)13)10-6-15-12(16-10)8(2)14/h3-6,8H,1-2H3. The van der Waals surface area contributed by atoms with Gasteiger partial charge in [0.25, 0.3) is 0 Å². The van der Waals surface area contributed by atoms with Crippen LogP contribution in [0.4, 0.5) is 0 Å². The monoisotopic (exact) mass is 299 g/mol. The van der Waals surface area contributed by atoms with E-state index in [2.05, 4.69) is 20.9 Å². The van der Waals surface area contributed by atoms with E-state index in [9.17, 15) is 0 Å². The number of aromatic nitrogens is 1. The highest BCUT2D eigenvalue weighted by atomic mass is 79.9. The Balaban J connectivity index is 2.47. The third-order valence-corrected chi connectivity index (χ3v) is 3.56.